The molecule has 0 atom stereocenters. The molecule has 0 saturated carbocycles. The van der Waals surface area contributed by atoms with E-state index in [4.69, 9.17) is 9.47 Å². The average Bonchev–Trinajstić information content (AvgIpc) is 2.75. The zero-order valence-corrected chi connectivity index (χ0v) is 16.1. The zero-order chi connectivity index (χ0) is 21.1. The number of para-hydroxylation sites is 1. The van der Waals surface area contributed by atoms with Crippen LogP contribution in [0.1, 0.15) is 21.6 Å². The molecule has 4 rings (SSSR count). The third-order valence-corrected chi connectivity index (χ3v) is 4.70. The van der Waals surface area contributed by atoms with Gasteiger partial charge in [0.05, 0.1) is 29.4 Å². The van der Waals surface area contributed by atoms with Crippen molar-refractivity contribution in [3.05, 3.63) is 71.4 Å². The summed E-state index contributed by atoms with van der Waals surface area (Å²) in [5.41, 5.74) is 1.99. The first kappa shape index (κ1) is 19.7. The lowest BCUT2D eigenvalue weighted by atomic mass is 9.98. The first-order valence-electron chi connectivity index (χ1n) is 9.24. The quantitative estimate of drug-likeness (QED) is 0.468. The number of carbonyl (C=O) groups is 1. The Morgan fingerprint density at radius 2 is 1.97 bits per heavy atom. The molecule has 4 aromatic rings. The molecule has 0 saturated heterocycles. The van der Waals surface area contributed by atoms with Crippen LogP contribution in [0.15, 0.2) is 48.8 Å². The number of hydrogen-bond acceptors (Lipinski definition) is 6. The van der Waals surface area contributed by atoms with Gasteiger partial charge in [-0.3, -0.25) is 9.97 Å². The Hall–Kier alpha value is -3.65. The number of benzene rings is 1. The predicted octanol–water partition coefficient (Wildman–Crippen LogP) is 3.63. The van der Waals surface area contributed by atoms with E-state index in [1.807, 2.05) is 0 Å². The molecule has 152 valence electrons. The Kier molecular flexibility index (Phi) is 5.49. The second-order valence-electron chi connectivity index (χ2n) is 6.60. The van der Waals surface area contributed by atoms with Gasteiger partial charge >= 0.3 is 5.97 Å². The Balaban J connectivity index is 1.78. The number of pyridine rings is 3. The lowest BCUT2D eigenvalue weighted by molar-refractivity contribution is 0.0685. The Bertz CT molecular complexity index is 1250. The first-order valence-corrected chi connectivity index (χ1v) is 9.24. The first-order chi connectivity index (χ1) is 14.6. The number of nitrogens with zero attached hydrogens (tertiary/aromatic N) is 3. The monoisotopic (exact) mass is 407 g/mol. The van der Waals surface area contributed by atoms with Crippen molar-refractivity contribution in [2.24, 2.45) is 0 Å². The van der Waals surface area contributed by atoms with Gasteiger partial charge < -0.3 is 14.6 Å². The van der Waals surface area contributed by atoms with Crippen LogP contribution in [0, 0.1) is 5.82 Å². The highest BCUT2D eigenvalue weighted by molar-refractivity contribution is 5.92. The van der Waals surface area contributed by atoms with E-state index < -0.39 is 17.5 Å². The third-order valence-electron chi connectivity index (χ3n) is 4.70. The molecule has 1 N–H and O–H groups in total. The average molecular weight is 407 g/mol. The number of rotatable bonds is 7. The lowest BCUT2D eigenvalue weighted by Gasteiger charge is -2.12. The second-order valence-corrected chi connectivity index (χ2v) is 6.60. The van der Waals surface area contributed by atoms with Crippen LogP contribution in [0.2, 0.25) is 0 Å². The molecular weight excluding hydrogens is 389 g/mol. The molecule has 0 fully saturated rings. The van der Waals surface area contributed by atoms with E-state index in [-0.39, 0.29) is 12.0 Å². The van der Waals surface area contributed by atoms with Crippen molar-refractivity contribution in [3.8, 4) is 5.75 Å². The van der Waals surface area contributed by atoms with Gasteiger partial charge in [0.25, 0.3) is 0 Å². The predicted molar refractivity (Wildman–Crippen MR) is 108 cm³/mol. The minimum Gasteiger partial charge on any atom is -0.489 e. The highest BCUT2D eigenvalue weighted by Gasteiger charge is 2.21. The van der Waals surface area contributed by atoms with Crippen molar-refractivity contribution < 1.29 is 23.8 Å². The molecule has 30 heavy (non-hydrogen) atoms. The van der Waals surface area contributed by atoms with Crippen LogP contribution in [-0.4, -0.2) is 46.4 Å². The van der Waals surface area contributed by atoms with Crippen LogP contribution >= 0.6 is 0 Å². The van der Waals surface area contributed by atoms with Gasteiger partial charge in [-0.15, -0.1) is 0 Å². The highest BCUT2D eigenvalue weighted by atomic mass is 19.1. The van der Waals surface area contributed by atoms with Crippen molar-refractivity contribution in [1.29, 1.82) is 0 Å². The summed E-state index contributed by atoms with van der Waals surface area (Å²) in [5, 5.41) is 9.92. The van der Waals surface area contributed by atoms with Crippen molar-refractivity contribution in [3.63, 3.8) is 0 Å². The molecule has 1 aromatic carbocycles. The SMILES string of the molecule is COCCOc1cnc2c(Cc3c(F)c(C(=O)O)nc4ccccc34)ccnc2c1. The number of ether oxygens (including phenoxy) is 2. The van der Waals surface area contributed by atoms with Gasteiger partial charge in [0, 0.05) is 36.7 Å². The van der Waals surface area contributed by atoms with E-state index in [9.17, 15) is 9.90 Å². The molecule has 0 aliphatic carbocycles. The molecule has 0 amide bonds. The van der Waals surface area contributed by atoms with Crippen molar-refractivity contribution in [2.45, 2.75) is 6.42 Å². The summed E-state index contributed by atoms with van der Waals surface area (Å²) in [6, 6.07) is 10.4. The maximum atomic E-state index is 15.1. The maximum Gasteiger partial charge on any atom is 0.357 e. The van der Waals surface area contributed by atoms with E-state index in [0.29, 0.717) is 40.9 Å². The minimum absolute atomic E-state index is 0.144. The Labute approximate surface area is 171 Å². The van der Waals surface area contributed by atoms with Gasteiger partial charge in [-0.2, -0.15) is 0 Å². The summed E-state index contributed by atoms with van der Waals surface area (Å²) in [4.78, 5) is 24.2. The van der Waals surface area contributed by atoms with E-state index in [1.165, 1.54) is 0 Å². The van der Waals surface area contributed by atoms with Crippen molar-refractivity contribution >= 4 is 27.9 Å². The second kappa shape index (κ2) is 8.38. The smallest absolute Gasteiger partial charge is 0.357 e. The molecule has 8 heteroatoms. The maximum absolute atomic E-state index is 15.1. The topological polar surface area (TPSA) is 94.4 Å². The summed E-state index contributed by atoms with van der Waals surface area (Å²) in [5.74, 6) is -1.70. The molecule has 3 heterocycles. The lowest BCUT2D eigenvalue weighted by Crippen LogP contribution is -2.09. The largest absolute Gasteiger partial charge is 0.489 e. The summed E-state index contributed by atoms with van der Waals surface area (Å²) >= 11 is 0. The summed E-state index contributed by atoms with van der Waals surface area (Å²) in [6.45, 7) is 0.835. The van der Waals surface area contributed by atoms with Gasteiger partial charge in [0.15, 0.2) is 11.5 Å². The summed E-state index contributed by atoms with van der Waals surface area (Å²) < 4.78 is 25.6. The van der Waals surface area contributed by atoms with Crippen molar-refractivity contribution in [1.82, 2.24) is 15.0 Å². The van der Waals surface area contributed by atoms with Crippen LogP contribution in [0.5, 0.6) is 5.75 Å². The fourth-order valence-corrected chi connectivity index (χ4v) is 3.29. The van der Waals surface area contributed by atoms with E-state index in [0.717, 1.165) is 5.56 Å². The van der Waals surface area contributed by atoms with Crippen LogP contribution in [0.3, 0.4) is 0 Å². The number of aromatic carboxylic acids is 1. The zero-order valence-electron chi connectivity index (χ0n) is 16.1. The molecule has 0 bridgehead atoms. The number of halogens is 1. The molecule has 0 aliphatic heterocycles. The number of methoxy groups -OCH3 is 1. The normalized spacial score (nSPS) is 11.1. The molecular formula is C22H18FN3O4. The van der Waals surface area contributed by atoms with Gasteiger partial charge in [0.2, 0.25) is 0 Å². The van der Waals surface area contributed by atoms with Crippen LogP contribution in [-0.2, 0) is 11.2 Å². The summed E-state index contributed by atoms with van der Waals surface area (Å²) in [7, 11) is 1.59. The van der Waals surface area contributed by atoms with E-state index in [1.54, 1.807) is 55.9 Å². The fourth-order valence-electron chi connectivity index (χ4n) is 3.29. The minimum atomic E-state index is -1.41. The number of hydrogen-bond donors (Lipinski definition) is 1. The Morgan fingerprint density at radius 1 is 1.13 bits per heavy atom. The Morgan fingerprint density at radius 3 is 2.77 bits per heavy atom. The highest BCUT2D eigenvalue weighted by Crippen LogP contribution is 2.28. The van der Waals surface area contributed by atoms with Gasteiger partial charge in [-0.1, -0.05) is 18.2 Å². The number of fused-ring (bicyclic) bond motifs is 2. The summed E-state index contributed by atoms with van der Waals surface area (Å²) in [6.07, 6.45) is 3.33. The van der Waals surface area contributed by atoms with Gasteiger partial charge in [-0.05, 0) is 17.7 Å². The van der Waals surface area contributed by atoms with E-state index >= 15 is 4.39 Å². The number of carboxylic acid groups (broad SMARTS) is 1. The standard InChI is InChI=1S/C22H18FN3O4/c1-29-8-9-30-14-11-18-20(25-12-14)13(6-7-24-18)10-16-15-4-2-3-5-17(15)26-21(19(16)23)22(27)28/h2-7,11-12H,8-10H2,1H3,(H,27,28). The molecule has 3 aromatic heterocycles. The fraction of sp³-hybridized carbons (Fsp3) is 0.182. The number of aromatic nitrogens is 3. The third kappa shape index (κ3) is 3.77. The molecule has 0 unspecified atom stereocenters. The molecule has 7 nitrogen and oxygen atoms in total. The van der Waals surface area contributed by atoms with Crippen LogP contribution < -0.4 is 4.74 Å². The number of carboxylic acids is 1. The van der Waals surface area contributed by atoms with Gasteiger partial charge in [-0.25, -0.2) is 14.2 Å². The van der Waals surface area contributed by atoms with Crippen LogP contribution in [0.25, 0.3) is 21.9 Å². The van der Waals surface area contributed by atoms with Crippen molar-refractivity contribution in [2.75, 3.05) is 20.3 Å². The molecule has 0 aliphatic rings. The van der Waals surface area contributed by atoms with Crippen LogP contribution in [0.4, 0.5) is 4.39 Å². The van der Waals surface area contributed by atoms with Gasteiger partial charge in [0.1, 0.15) is 12.4 Å². The molecule has 0 radical (unpaired) electrons. The van der Waals surface area contributed by atoms with E-state index in [2.05, 4.69) is 15.0 Å². The molecule has 0 spiro atoms.